The van der Waals surface area contributed by atoms with Gasteiger partial charge < -0.3 is 15.4 Å². The summed E-state index contributed by atoms with van der Waals surface area (Å²) in [5.74, 6) is 0.697. The highest BCUT2D eigenvalue weighted by Crippen LogP contribution is 2.29. The highest BCUT2D eigenvalue weighted by molar-refractivity contribution is 4.94. The van der Waals surface area contributed by atoms with Gasteiger partial charge in [-0.2, -0.15) is 0 Å². The predicted octanol–water partition coefficient (Wildman–Crippen LogP) is 1.55. The van der Waals surface area contributed by atoms with Crippen LogP contribution in [0, 0.1) is 5.92 Å². The summed E-state index contributed by atoms with van der Waals surface area (Å²) in [5, 5.41) is 0. The van der Waals surface area contributed by atoms with E-state index in [4.69, 9.17) is 10.5 Å². The van der Waals surface area contributed by atoms with E-state index in [1.165, 1.54) is 51.7 Å². The molecule has 2 aliphatic heterocycles. The molecule has 0 bridgehead atoms. The zero-order valence-electron chi connectivity index (χ0n) is 13.4. The molecular formula is C16H33N3O. The fourth-order valence-electron chi connectivity index (χ4n) is 3.83. The molecule has 2 unspecified atom stereocenters. The second kappa shape index (κ2) is 7.74. The first kappa shape index (κ1) is 16.2. The lowest BCUT2D eigenvalue weighted by atomic mass is 9.87. The van der Waals surface area contributed by atoms with Gasteiger partial charge in [0.2, 0.25) is 0 Å². The van der Waals surface area contributed by atoms with Crippen molar-refractivity contribution in [1.82, 2.24) is 9.80 Å². The van der Waals surface area contributed by atoms with Crippen LogP contribution in [-0.2, 0) is 4.74 Å². The van der Waals surface area contributed by atoms with Gasteiger partial charge in [0.05, 0.1) is 6.61 Å². The number of nitrogens with zero attached hydrogens (tertiary/aromatic N) is 2. The molecule has 2 N–H and O–H groups in total. The summed E-state index contributed by atoms with van der Waals surface area (Å²) in [4.78, 5) is 5.13. The van der Waals surface area contributed by atoms with Crippen LogP contribution in [0.3, 0.4) is 0 Å². The van der Waals surface area contributed by atoms with E-state index < -0.39 is 0 Å². The Morgan fingerprint density at radius 1 is 1.30 bits per heavy atom. The highest BCUT2D eigenvalue weighted by atomic mass is 16.5. The summed E-state index contributed by atoms with van der Waals surface area (Å²) in [5.41, 5.74) is 6.42. The minimum Gasteiger partial charge on any atom is -0.381 e. The van der Waals surface area contributed by atoms with Crippen molar-refractivity contribution >= 4 is 0 Å². The maximum Gasteiger partial charge on any atom is 0.0506 e. The Morgan fingerprint density at radius 3 is 2.80 bits per heavy atom. The maximum absolute atomic E-state index is 6.21. The van der Waals surface area contributed by atoms with Gasteiger partial charge >= 0.3 is 0 Å². The molecule has 2 rings (SSSR count). The first-order valence-corrected chi connectivity index (χ1v) is 8.41. The summed E-state index contributed by atoms with van der Waals surface area (Å²) in [7, 11) is 2.28. The summed E-state index contributed by atoms with van der Waals surface area (Å²) < 4.78 is 5.63. The number of likely N-dealkylation sites (N-methyl/N-ethyl adjacent to an activating group) is 1. The molecule has 0 aromatic rings. The molecule has 4 heteroatoms. The Hall–Kier alpha value is -0.160. The van der Waals surface area contributed by atoms with Gasteiger partial charge in [-0.15, -0.1) is 0 Å². The van der Waals surface area contributed by atoms with Crippen LogP contribution in [-0.4, -0.2) is 68.3 Å². The Bertz CT molecular complexity index is 281. The molecule has 0 aromatic carbocycles. The van der Waals surface area contributed by atoms with Crippen LogP contribution in [0.25, 0.3) is 0 Å². The molecule has 20 heavy (non-hydrogen) atoms. The zero-order chi connectivity index (χ0) is 14.4. The first-order chi connectivity index (χ1) is 9.70. The molecule has 2 saturated heterocycles. The molecule has 2 heterocycles. The molecular weight excluding hydrogens is 250 g/mol. The van der Waals surface area contributed by atoms with Crippen molar-refractivity contribution in [1.29, 1.82) is 0 Å². The van der Waals surface area contributed by atoms with E-state index in [1.807, 2.05) is 0 Å². The van der Waals surface area contributed by atoms with Crippen molar-refractivity contribution in [3.63, 3.8) is 0 Å². The van der Waals surface area contributed by atoms with Gasteiger partial charge in [-0.05, 0) is 64.7 Å². The number of rotatable bonds is 5. The lowest BCUT2D eigenvalue weighted by molar-refractivity contribution is 0.0166. The van der Waals surface area contributed by atoms with Gasteiger partial charge in [0, 0.05) is 25.2 Å². The predicted molar refractivity (Wildman–Crippen MR) is 83.9 cm³/mol. The number of likely N-dealkylation sites (tertiary alicyclic amines) is 1. The summed E-state index contributed by atoms with van der Waals surface area (Å²) in [6, 6.07) is 0. The maximum atomic E-state index is 6.21. The van der Waals surface area contributed by atoms with Crippen molar-refractivity contribution < 1.29 is 4.74 Å². The number of ether oxygens (including phenoxy) is 1. The summed E-state index contributed by atoms with van der Waals surface area (Å²) >= 11 is 0. The molecule has 0 amide bonds. The zero-order valence-corrected chi connectivity index (χ0v) is 13.4. The molecule has 2 fully saturated rings. The third-order valence-corrected chi connectivity index (χ3v) is 5.43. The molecule has 0 spiro atoms. The van der Waals surface area contributed by atoms with E-state index in [0.29, 0.717) is 5.92 Å². The van der Waals surface area contributed by atoms with E-state index in [0.717, 1.165) is 26.3 Å². The van der Waals surface area contributed by atoms with Crippen LogP contribution < -0.4 is 5.73 Å². The molecule has 0 aromatic heterocycles. The van der Waals surface area contributed by atoms with Crippen LogP contribution in [0.2, 0.25) is 0 Å². The summed E-state index contributed by atoms with van der Waals surface area (Å²) in [6.07, 6.45) is 6.26. The Morgan fingerprint density at radius 2 is 2.15 bits per heavy atom. The van der Waals surface area contributed by atoms with Gasteiger partial charge in [-0.25, -0.2) is 0 Å². The van der Waals surface area contributed by atoms with Crippen LogP contribution in [0.1, 0.15) is 39.0 Å². The largest absolute Gasteiger partial charge is 0.381 e. The molecule has 0 radical (unpaired) electrons. The van der Waals surface area contributed by atoms with E-state index in [1.54, 1.807) is 0 Å². The molecule has 4 nitrogen and oxygen atoms in total. The fourth-order valence-corrected chi connectivity index (χ4v) is 3.83. The van der Waals surface area contributed by atoms with Crippen molar-refractivity contribution in [2.45, 2.75) is 44.6 Å². The molecule has 0 saturated carbocycles. The molecule has 118 valence electrons. The lowest BCUT2D eigenvalue weighted by Crippen LogP contribution is -2.54. The van der Waals surface area contributed by atoms with Crippen molar-refractivity contribution in [2.24, 2.45) is 11.7 Å². The third-order valence-electron chi connectivity index (χ3n) is 5.43. The van der Waals surface area contributed by atoms with Crippen molar-refractivity contribution in [3.05, 3.63) is 0 Å². The van der Waals surface area contributed by atoms with Crippen molar-refractivity contribution in [3.8, 4) is 0 Å². The van der Waals surface area contributed by atoms with E-state index in [9.17, 15) is 0 Å². The van der Waals surface area contributed by atoms with Gasteiger partial charge in [-0.1, -0.05) is 6.92 Å². The summed E-state index contributed by atoms with van der Waals surface area (Å²) in [6.45, 7) is 9.68. The van der Waals surface area contributed by atoms with Gasteiger partial charge in [0.15, 0.2) is 0 Å². The quantitative estimate of drug-likeness (QED) is 0.831. The van der Waals surface area contributed by atoms with Gasteiger partial charge in [0.1, 0.15) is 0 Å². The number of nitrogens with two attached hydrogens (primary N) is 1. The van der Waals surface area contributed by atoms with E-state index >= 15 is 0 Å². The smallest absolute Gasteiger partial charge is 0.0506 e. The third kappa shape index (κ3) is 3.94. The minimum absolute atomic E-state index is 0.210. The molecule has 2 aliphatic rings. The van der Waals surface area contributed by atoms with Crippen LogP contribution in [0.5, 0.6) is 0 Å². The second-order valence-electron chi connectivity index (χ2n) is 6.68. The Labute approximate surface area is 124 Å². The molecule has 0 aliphatic carbocycles. The monoisotopic (exact) mass is 283 g/mol. The lowest BCUT2D eigenvalue weighted by Gasteiger charge is -2.43. The fraction of sp³-hybridized carbons (Fsp3) is 1.00. The number of hydrogen-bond donors (Lipinski definition) is 1. The van der Waals surface area contributed by atoms with Gasteiger partial charge in [0.25, 0.3) is 0 Å². The topological polar surface area (TPSA) is 41.7 Å². The first-order valence-electron chi connectivity index (χ1n) is 8.41. The van der Waals surface area contributed by atoms with Gasteiger partial charge in [-0.3, -0.25) is 4.90 Å². The SMILES string of the molecule is CCN1CCCC(CN)(N(C)CC2CCCOC2)CC1. The second-order valence-corrected chi connectivity index (χ2v) is 6.68. The van der Waals surface area contributed by atoms with E-state index in [-0.39, 0.29) is 5.54 Å². The Balaban J connectivity index is 1.93. The number of hydrogen-bond acceptors (Lipinski definition) is 4. The van der Waals surface area contributed by atoms with Crippen molar-refractivity contribution in [2.75, 3.05) is 53.0 Å². The highest BCUT2D eigenvalue weighted by Gasteiger charge is 2.36. The minimum atomic E-state index is 0.210. The van der Waals surface area contributed by atoms with E-state index in [2.05, 4.69) is 23.8 Å². The molecule has 2 atom stereocenters. The normalized spacial score (nSPS) is 33.3. The standard InChI is InChI=1S/C16H33N3O/c1-3-19-9-5-7-16(14-17,8-10-19)18(2)12-15-6-4-11-20-13-15/h15H,3-14,17H2,1-2H3. The van der Waals surface area contributed by atoms with Crippen LogP contribution in [0.4, 0.5) is 0 Å². The average molecular weight is 283 g/mol. The average Bonchev–Trinajstić information content (AvgIpc) is 2.71. The van der Waals surface area contributed by atoms with Crippen LogP contribution >= 0.6 is 0 Å². The van der Waals surface area contributed by atoms with Crippen LogP contribution in [0.15, 0.2) is 0 Å². The Kier molecular flexibility index (Phi) is 6.27.